The molecule has 0 aliphatic rings. The highest BCUT2D eigenvalue weighted by atomic mass is 16.6. The van der Waals surface area contributed by atoms with E-state index in [9.17, 15) is 4.79 Å². The Morgan fingerprint density at radius 1 is 1.53 bits per heavy atom. The number of nitrogens with one attached hydrogen (secondary N) is 1. The molecule has 0 bridgehead atoms. The second-order valence-corrected chi connectivity index (χ2v) is 5.20. The van der Waals surface area contributed by atoms with Crippen molar-refractivity contribution < 1.29 is 9.53 Å². The molecule has 0 fully saturated rings. The van der Waals surface area contributed by atoms with Crippen LogP contribution in [0.1, 0.15) is 33.4 Å². The molecule has 0 aliphatic carbocycles. The number of aromatic nitrogens is 2. The molecule has 96 valence electrons. The summed E-state index contributed by atoms with van der Waals surface area (Å²) in [6.45, 7) is 9.23. The molecule has 1 aromatic heterocycles. The van der Waals surface area contributed by atoms with Crippen molar-refractivity contribution in [2.24, 2.45) is 7.05 Å². The van der Waals surface area contributed by atoms with Gasteiger partial charge in [-0.1, -0.05) is 0 Å². The van der Waals surface area contributed by atoms with Crippen molar-refractivity contribution in [1.29, 1.82) is 0 Å². The van der Waals surface area contributed by atoms with Gasteiger partial charge in [-0.05, 0) is 34.6 Å². The van der Waals surface area contributed by atoms with Crippen LogP contribution in [0, 0.1) is 6.92 Å². The molecule has 1 unspecified atom stereocenters. The van der Waals surface area contributed by atoms with Crippen LogP contribution >= 0.6 is 0 Å². The van der Waals surface area contributed by atoms with Gasteiger partial charge in [0.25, 0.3) is 0 Å². The normalized spacial score (nSPS) is 13.3. The fourth-order valence-corrected chi connectivity index (χ4v) is 1.42. The lowest BCUT2D eigenvalue weighted by Gasteiger charge is -2.22. The number of rotatable bonds is 3. The van der Waals surface area contributed by atoms with Crippen molar-refractivity contribution in [3.05, 3.63) is 11.9 Å². The molecule has 0 aliphatic heterocycles. The standard InChI is InChI=1S/C12H21N3O2/c1-8-10(7-15(6)14-8)13-9(2)11(16)17-12(3,4)5/h7,9,13H,1-6H3. The van der Waals surface area contributed by atoms with Gasteiger partial charge in [0.1, 0.15) is 11.6 Å². The van der Waals surface area contributed by atoms with Crippen molar-refractivity contribution in [3.63, 3.8) is 0 Å². The molecule has 0 radical (unpaired) electrons. The first-order chi connectivity index (χ1) is 7.69. The maximum Gasteiger partial charge on any atom is 0.328 e. The summed E-state index contributed by atoms with van der Waals surface area (Å²) < 4.78 is 7.00. The number of carbonyl (C=O) groups excluding carboxylic acids is 1. The predicted molar refractivity (Wildman–Crippen MR) is 66.9 cm³/mol. The third-order valence-corrected chi connectivity index (χ3v) is 2.15. The van der Waals surface area contributed by atoms with E-state index in [0.29, 0.717) is 0 Å². The first-order valence-electron chi connectivity index (χ1n) is 5.68. The van der Waals surface area contributed by atoms with Gasteiger partial charge in [-0.15, -0.1) is 0 Å². The molecular weight excluding hydrogens is 218 g/mol. The van der Waals surface area contributed by atoms with Crippen LogP contribution in [0.15, 0.2) is 6.20 Å². The summed E-state index contributed by atoms with van der Waals surface area (Å²) in [5.41, 5.74) is 1.26. The highest BCUT2D eigenvalue weighted by Crippen LogP contribution is 2.15. The van der Waals surface area contributed by atoms with Crippen LogP contribution in [0.4, 0.5) is 5.69 Å². The molecule has 0 aromatic carbocycles. The summed E-state index contributed by atoms with van der Waals surface area (Å²) in [6, 6.07) is -0.392. The van der Waals surface area contributed by atoms with Gasteiger partial charge in [-0.2, -0.15) is 5.10 Å². The zero-order chi connectivity index (χ0) is 13.2. The van der Waals surface area contributed by atoms with E-state index >= 15 is 0 Å². The van der Waals surface area contributed by atoms with Gasteiger partial charge in [-0.3, -0.25) is 4.68 Å². The van der Waals surface area contributed by atoms with Crippen molar-refractivity contribution in [2.45, 2.75) is 46.3 Å². The van der Waals surface area contributed by atoms with E-state index in [2.05, 4.69) is 10.4 Å². The zero-order valence-electron chi connectivity index (χ0n) is 11.4. The van der Waals surface area contributed by atoms with E-state index in [1.807, 2.05) is 40.9 Å². The molecule has 5 heteroatoms. The molecule has 1 N–H and O–H groups in total. The Kier molecular flexibility index (Phi) is 3.80. The Morgan fingerprint density at radius 3 is 2.53 bits per heavy atom. The first-order valence-corrected chi connectivity index (χ1v) is 5.68. The second kappa shape index (κ2) is 4.77. The van der Waals surface area contributed by atoms with Gasteiger partial charge < -0.3 is 10.1 Å². The number of ether oxygens (including phenoxy) is 1. The Labute approximate surface area is 102 Å². The van der Waals surface area contributed by atoms with Crippen LogP contribution in [0.2, 0.25) is 0 Å². The van der Waals surface area contributed by atoms with Gasteiger partial charge in [0.2, 0.25) is 0 Å². The van der Waals surface area contributed by atoms with Gasteiger partial charge in [0.15, 0.2) is 0 Å². The predicted octanol–water partition coefficient (Wildman–Crippen LogP) is 1.87. The van der Waals surface area contributed by atoms with Crippen molar-refractivity contribution >= 4 is 11.7 Å². The van der Waals surface area contributed by atoms with Gasteiger partial charge >= 0.3 is 5.97 Å². The molecule has 1 atom stereocenters. The van der Waals surface area contributed by atoms with E-state index in [1.54, 1.807) is 11.6 Å². The van der Waals surface area contributed by atoms with Gasteiger partial charge in [0.05, 0.1) is 11.4 Å². The van der Waals surface area contributed by atoms with Crippen molar-refractivity contribution in [1.82, 2.24) is 9.78 Å². The molecule has 0 saturated heterocycles. The first kappa shape index (κ1) is 13.5. The monoisotopic (exact) mass is 239 g/mol. The fourth-order valence-electron chi connectivity index (χ4n) is 1.42. The molecule has 1 heterocycles. The van der Waals surface area contributed by atoms with Crippen LogP contribution in [0.5, 0.6) is 0 Å². The summed E-state index contributed by atoms with van der Waals surface area (Å²) in [5.74, 6) is -0.263. The summed E-state index contributed by atoms with van der Waals surface area (Å²) in [7, 11) is 1.84. The zero-order valence-corrected chi connectivity index (χ0v) is 11.4. The van der Waals surface area contributed by atoms with Crippen LogP contribution in [-0.4, -0.2) is 27.4 Å². The van der Waals surface area contributed by atoms with Gasteiger partial charge in [0, 0.05) is 13.2 Å². The number of carbonyl (C=O) groups is 1. The number of hydrogen-bond donors (Lipinski definition) is 1. The lowest BCUT2D eigenvalue weighted by molar-refractivity contribution is -0.155. The number of anilines is 1. The number of hydrogen-bond acceptors (Lipinski definition) is 4. The Hall–Kier alpha value is -1.52. The molecule has 0 spiro atoms. The maximum absolute atomic E-state index is 11.8. The van der Waals surface area contributed by atoms with Crippen LogP contribution in [0.25, 0.3) is 0 Å². The number of nitrogens with zero attached hydrogens (tertiary/aromatic N) is 2. The molecule has 17 heavy (non-hydrogen) atoms. The minimum atomic E-state index is -0.461. The summed E-state index contributed by atoms with van der Waals surface area (Å²) >= 11 is 0. The Bertz CT molecular complexity index is 404. The fraction of sp³-hybridized carbons (Fsp3) is 0.667. The summed E-state index contributed by atoms with van der Waals surface area (Å²) in [6.07, 6.45) is 1.84. The lowest BCUT2D eigenvalue weighted by atomic mass is 10.2. The average Bonchev–Trinajstić information content (AvgIpc) is 2.42. The topological polar surface area (TPSA) is 56.2 Å². The van der Waals surface area contributed by atoms with Gasteiger partial charge in [-0.25, -0.2) is 4.79 Å². The molecule has 0 saturated carbocycles. The summed E-state index contributed by atoms with van der Waals surface area (Å²) in [4.78, 5) is 11.8. The third-order valence-electron chi connectivity index (χ3n) is 2.15. The number of esters is 1. The van der Waals surface area contributed by atoms with Crippen LogP contribution in [-0.2, 0) is 16.6 Å². The highest BCUT2D eigenvalue weighted by molar-refractivity contribution is 5.79. The van der Waals surface area contributed by atoms with Crippen molar-refractivity contribution in [2.75, 3.05) is 5.32 Å². The van der Waals surface area contributed by atoms with Crippen molar-refractivity contribution in [3.8, 4) is 0 Å². The Morgan fingerprint density at radius 2 is 2.12 bits per heavy atom. The quantitative estimate of drug-likeness (QED) is 0.818. The van der Waals surface area contributed by atoms with E-state index in [4.69, 9.17) is 4.74 Å². The third kappa shape index (κ3) is 4.09. The molecule has 0 amide bonds. The highest BCUT2D eigenvalue weighted by Gasteiger charge is 2.22. The summed E-state index contributed by atoms with van der Waals surface area (Å²) in [5, 5.41) is 7.30. The SMILES string of the molecule is Cc1nn(C)cc1NC(C)C(=O)OC(C)(C)C. The number of aryl methyl sites for hydroxylation is 2. The van der Waals surface area contributed by atoms with E-state index in [-0.39, 0.29) is 5.97 Å². The molecule has 1 rings (SSSR count). The maximum atomic E-state index is 11.8. The average molecular weight is 239 g/mol. The van der Waals surface area contributed by atoms with Crippen LogP contribution < -0.4 is 5.32 Å². The lowest BCUT2D eigenvalue weighted by Crippen LogP contribution is -2.34. The smallest absolute Gasteiger partial charge is 0.328 e. The minimum Gasteiger partial charge on any atom is -0.458 e. The minimum absolute atomic E-state index is 0.263. The van der Waals surface area contributed by atoms with E-state index in [0.717, 1.165) is 11.4 Å². The molecule has 5 nitrogen and oxygen atoms in total. The van der Waals surface area contributed by atoms with Crippen LogP contribution in [0.3, 0.4) is 0 Å². The van der Waals surface area contributed by atoms with E-state index < -0.39 is 11.6 Å². The van der Waals surface area contributed by atoms with E-state index in [1.165, 1.54) is 0 Å². The molecular formula is C12H21N3O2. The largest absolute Gasteiger partial charge is 0.458 e. The molecule has 1 aromatic rings. The second-order valence-electron chi connectivity index (χ2n) is 5.20. The Balaban J connectivity index is 2.63.